The van der Waals surface area contributed by atoms with Crippen molar-refractivity contribution in [2.24, 2.45) is 7.05 Å². The maximum atomic E-state index is 4.52. The first kappa shape index (κ1) is 12.0. The second-order valence-electron chi connectivity index (χ2n) is 4.97. The molecule has 3 nitrogen and oxygen atoms in total. The molecule has 0 atom stereocenters. The zero-order chi connectivity index (χ0) is 13.4. The normalized spacial score (nSPS) is 14.2. The minimum atomic E-state index is 0.324. The fourth-order valence-electron chi connectivity index (χ4n) is 2.75. The lowest BCUT2D eigenvalue weighted by molar-refractivity contribution is -0.658. The quantitative estimate of drug-likeness (QED) is 0.542. The molecule has 2 aromatic rings. The van der Waals surface area contributed by atoms with Gasteiger partial charge < -0.3 is 0 Å². The molecule has 0 aliphatic carbocycles. The number of fused-ring (bicyclic) bond motifs is 1. The Balaban J connectivity index is 2.25. The Morgan fingerprint density at radius 2 is 2.05 bits per heavy atom. The van der Waals surface area contributed by atoms with Crippen LogP contribution in [0.1, 0.15) is 6.92 Å². The maximum absolute atomic E-state index is 4.52. The predicted octanol–water partition coefficient (Wildman–Crippen LogP) is 0.495. The average molecular weight is 250 g/mol. The molecule has 4 heteroatoms. The van der Waals surface area contributed by atoms with Crippen molar-refractivity contribution < 1.29 is 4.57 Å². The van der Waals surface area contributed by atoms with Gasteiger partial charge in [-0.2, -0.15) is 0 Å². The Hall–Kier alpha value is -2.10. The van der Waals surface area contributed by atoms with Crippen molar-refractivity contribution in [2.75, 3.05) is 4.81 Å². The van der Waals surface area contributed by atoms with E-state index < -0.39 is 0 Å². The van der Waals surface area contributed by atoms with Gasteiger partial charge in [-0.25, -0.2) is 4.57 Å². The minimum Gasteiger partial charge on any atom is -0.289 e. The smallest absolute Gasteiger partial charge is 0.289 e. The summed E-state index contributed by atoms with van der Waals surface area (Å²) < 4.78 is 2.14. The first-order valence-corrected chi connectivity index (χ1v) is 6.56. The lowest BCUT2D eigenvalue weighted by atomic mass is 9.61. The lowest BCUT2D eigenvalue weighted by Gasteiger charge is -2.24. The third-order valence-electron chi connectivity index (χ3n) is 3.65. The monoisotopic (exact) mass is 250 g/mol. The summed E-state index contributed by atoms with van der Waals surface area (Å²) in [6, 6.07) is 10.4. The summed E-state index contributed by atoms with van der Waals surface area (Å²) in [5.41, 5.74) is 1.20. The van der Waals surface area contributed by atoms with Gasteiger partial charge in [0.15, 0.2) is 0 Å². The molecule has 0 fully saturated rings. The van der Waals surface area contributed by atoms with E-state index in [4.69, 9.17) is 0 Å². The second kappa shape index (κ2) is 4.54. The first-order valence-electron chi connectivity index (χ1n) is 6.56. The first-order chi connectivity index (χ1) is 9.18. The van der Waals surface area contributed by atoms with Gasteiger partial charge in [-0.05, 0) is 31.1 Å². The fourth-order valence-corrected chi connectivity index (χ4v) is 2.75. The van der Waals surface area contributed by atoms with Crippen LogP contribution in [0.3, 0.4) is 0 Å². The SMILES string of the molecule is CB1C=c2cccnc2=C(C)N1c1cccc[n+]1C. The van der Waals surface area contributed by atoms with Crippen molar-refractivity contribution in [3.8, 4) is 0 Å². The van der Waals surface area contributed by atoms with Gasteiger partial charge in [0, 0.05) is 12.3 Å². The summed E-state index contributed by atoms with van der Waals surface area (Å²) in [6.45, 7) is 4.68. The van der Waals surface area contributed by atoms with Crippen molar-refractivity contribution in [1.29, 1.82) is 0 Å². The van der Waals surface area contributed by atoms with E-state index in [1.54, 1.807) is 0 Å². The van der Waals surface area contributed by atoms with Crippen LogP contribution in [-0.2, 0) is 7.05 Å². The summed E-state index contributed by atoms with van der Waals surface area (Å²) in [5.74, 6) is 3.45. The summed E-state index contributed by atoms with van der Waals surface area (Å²) in [7, 11) is 2.07. The van der Waals surface area contributed by atoms with Gasteiger partial charge in [-0.15, -0.1) is 0 Å². The molecular formula is C15H17BN3+. The van der Waals surface area contributed by atoms with E-state index in [1.807, 2.05) is 18.3 Å². The fraction of sp³-hybridized carbons (Fsp3) is 0.200. The van der Waals surface area contributed by atoms with Crippen molar-refractivity contribution >= 4 is 24.3 Å². The molecule has 0 unspecified atom stereocenters. The zero-order valence-electron chi connectivity index (χ0n) is 11.5. The van der Waals surface area contributed by atoms with Crippen LogP contribution in [0, 0.1) is 0 Å². The molecule has 3 rings (SSSR count). The number of aryl methyl sites for hydroxylation is 1. The molecular weight excluding hydrogens is 233 g/mol. The summed E-state index contributed by atoms with van der Waals surface area (Å²) >= 11 is 0. The van der Waals surface area contributed by atoms with E-state index in [1.165, 1.54) is 16.7 Å². The van der Waals surface area contributed by atoms with Crippen molar-refractivity contribution in [1.82, 2.24) is 4.98 Å². The van der Waals surface area contributed by atoms with Crippen molar-refractivity contribution in [2.45, 2.75) is 13.7 Å². The number of hydrogen-bond donors (Lipinski definition) is 0. The summed E-state index contributed by atoms with van der Waals surface area (Å²) in [4.78, 5) is 6.85. The van der Waals surface area contributed by atoms with Crippen LogP contribution < -0.4 is 19.9 Å². The number of aromatic nitrogens is 2. The molecule has 0 spiro atoms. The maximum Gasteiger partial charge on any atom is 0.402 e. The standard InChI is InChI=1S/C15H17BN3/c1-12-15-13(7-6-9-17-15)11-16(2)19(12)14-8-4-5-10-18(14)3/h4-11H,1-3H3/q+1. The van der Waals surface area contributed by atoms with Crippen LogP contribution in [0.2, 0.25) is 6.82 Å². The van der Waals surface area contributed by atoms with Crippen LogP contribution in [0.15, 0.2) is 42.7 Å². The second-order valence-corrected chi connectivity index (χ2v) is 4.97. The third kappa shape index (κ3) is 1.93. The Bertz CT molecular complexity index is 739. The molecule has 0 aromatic carbocycles. The third-order valence-corrected chi connectivity index (χ3v) is 3.65. The van der Waals surface area contributed by atoms with Crippen LogP contribution >= 0.6 is 0 Å². The Morgan fingerprint density at radius 3 is 2.84 bits per heavy atom. The lowest BCUT2D eigenvalue weighted by Crippen LogP contribution is -2.51. The molecule has 0 radical (unpaired) electrons. The minimum absolute atomic E-state index is 0.324. The molecule has 3 heterocycles. The van der Waals surface area contributed by atoms with E-state index in [0.717, 1.165) is 5.35 Å². The van der Waals surface area contributed by atoms with Gasteiger partial charge >= 0.3 is 6.85 Å². The number of pyridine rings is 2. The van der Waals surface area contributed by atoms with E-state index >= 15 is 0 Å². The number of anilines is 1. The molecule has 2 aromatic heterocycles. The van der Waals surface area contributed by atoms with Gasteiger partial charge in [0.2, 0.25) is 0 Å². The highest BCUT2D eigenvalue weighted by Gasteiger charge is 2.31. The Kier molecular flexibility index (Phi) is 2.86. The van der Waals surface area contributed by atoms with E-state index in [9.17, 15) is 0 Å². The average Bonchev–Trinajstić information content (AvgIpc) is 2.41. The van der Waals surface area contributed by atoms with Gasteiger partial charge in [0.25, 0.3) is 5.82 Å². The molecule has 94 valence electrons. The van der Waals surface area contributed by atoms with E-state index in [0.29, 0.717) is 6.85 Å². The largest absolute Gasteiger partial charge is 0.402 e. The van der Waals surface area contributed by atoms with Crippen molar-refractivity contribution in [3.63, 3.8) is 0 Å². The highest BCUT2D eigenvalue weighted by atomic mass is 15.2. The van der Waals surface area contributed by atoms with Gasteiger partial charge in [0.05, 0.1) is 13.2 Å². The van der Waals surface area contributed by atoms with Gasteiger partial charge in [-0.3, -0.25) is 9.79 Å². The number of rotatable bonds is 1. The highest BCUT2D eigenvalue weighted by molar-refractivity contribution is 6.77. The Labute approximate surface area is 113 Å². The van der Waals surface area contributed by atoms with Crippen molar-refractivity contribution in [3.05, 3.63) is 53.3 Å². The van der Waals surface area contributed by atoms with Gasteiger partial charge in [-0.1, -0.05) is 18.1 Å². The molecule has 0 bridgehead atoms. The summed E-state index contributed by atoms with van der Waals surface area (Å²) in [5, 5.41) is 2.30. The number of hydrogen-bond acceptors (Lipinski definition) is 2. The predicted molar refractivity (Wildman–Crippen MR) is 78.7 cm³/mol. The van der Waals surface area contributed by atoms with E-state index in [-0.39, 0.29) is 0 Å². The molecule has 0 N–H and O–H groups in total. The van der Waals surface area contributed by atoms with Crippen LogP contribution in [-0.4, -0.2) is 11.8 Å². The Morgan fingerprint density at radius 1 is 1.21 bits per heavy atom. The molecule has 0 saturated heterocycles. The zero-order valence-corrected chi connectivity index (χ0v) is 11.5. The number of nitrogens with zero attached hydrogens (tertiary/aromatic N) is 3. The highest BCUT2D eigenvalue weighted by Crippen LogP contribution is 2.17. The van der Waals surface area contributed by atoms with Crippen LogP contribution in [0.25, 0.3) is 11.7 Å². The van der Waals surface area contributed by atoms with Crippen LogP contribution in [0.5, 0.6) is 0 Å². The topological polar surface area (TPSA) is 20.0 Å². The molecule has 19 heavy (non-hydrogen) atoms. The van der Waals surface area contributed by atoms with Crippen LogP contribution in [0.4, 0.5) is 5.82 Å². The molecule has 0 amide bonds. The van der Waals surface area contributed by atoms with E-state index in [2.05, 4.69) is 65.5 Å². The van der Waals surface area contributed by atoms with Gasteiger partial charge in [0.1, 0.15) is 11.0 Å². The molecule has 1 aliphatic heterocycles. The molecule has 0 saturated carbocycles. The summed E-state index contributed by atoms with van der Waals surface area (Å²) in [6.07, 6.45) is 3.93. The molecule has 1 aliphatic rings.